The van der Waals surface area contributed by atoms with E-state index in [1.165, 1.54) is 55.6 Å². The highest BCUT2D eigenvalue weighted by Crippen LogP contribution is 2.42. The smallest absolute Gasteiger partial charge is 0.113 e. The van der Waals surface area contributed by atoms with Crippen LogP contribution in [0, 0.1) is 5.92 Å². The molecule has 1 aliphatic carbocycles. The molecule has 0 atom stereocenters. The Bertz CT molecular complexity index is 417. The molecule has 120 valence electrons. The zero-order chi connectivity index (χ0) is 15.3. The molecule has 0 radical (unpaired) electrons. The molecule has 2 rings (SSSR count). The molecular weight excluding hydrogens is 276 g/mol. The number of hydrogen-bond donors (Lipinski definition) is 1. The lowest BCUT2D eigenvalue weighted by Crippen LogP contribution is -2.45. The molecule has 0 saturated heterocycles. The summed E-state index contributed by atoms with van der Waals surface area (Å²) in [6.07, 6.45) is 9.18. The van der Waals surface area contributed by atoms with Crippen molar-refractivity contribution in [1.29, 1.82) is 0 Å². The van der Waals surface area contributed by atoms with Crippen molar-refractivity contribution in [2.24, 2.45) is 5.92 Å². The van der Waals surface area contributed by atoms with Crippen LogP contribution in [-0.2, 0) is 5.54 Å². The molecule has 1 aromatic heterocycles. The van der Waals surface area contributed by atoms with Crippen molar-refractivity contribution in [2.75, 3.05) is 6.54 Å². The van der Waals surface area contributed by atoms with Crippen LogP contribution in [0.2, 0.25) is 0 Å². The number of nitrogens with zero attached hydrogens (tertiary/aromatic N) is 1. The first kappa shape index (κ1) is 17.0. The van der Waals surface area contributed by atoms with Crippen LogP contribution in [0.15, 0.2) is 5.38 Å². The van der Waals surface area contributed by atoms with Gasteiger partial charge in [0.05, 0.1) is 11.2 Å². The minimum Gasteiger partial charge on any atom is -0.305 e. The highest BCUT2D eigenvalue weighted by molar-refractivity contribution is 7.09. The third-order valence-corrected chi connectivity index (χ3v) is 5.96. The van der Waals surface area contributed by atoms with E-state index < -0.39 is 0 Å². The summed E-state index contributed by atoms with van der Waals surface area (Å²) in [5, 5.41) is 7.48. The fourth-order valence-electron chi connectivity index (χ4n) is 3.47. The van der Waals surface area contributed by atoms with E-state index in [0.717, 1.165) is 12.5 Å². The topological polar surface area (TPSA) is 24.9 Å². The van der Waals surface area contributed by atoms with Gasteiger partial charge in [0.2, 0.25) is 0 Å². The van der Waals surface area contributed by atoms with E-state index in [1.54, 1.807) is 0 Å². The number of rotatable bonds is 7. The van der Waals surface area contributed by atoms with Crippen LogP contribution in [0.5, 0.6) is 0 Å². The maximum absolute atomic E-state index is 4.99. The maximum atomic E-state index is 4.99. The van der Waals surface area contributed by atoms with E-state index in [-0.39, 0.29) is 5.54 Å². The molecule has 1 heterocycles. The second kappa shape index (κ2) is 7.73. The molecule has 0 unspecified atom stereocenters. The van der Waals surface area contributed by atoms with Crippen LogP contribution in [-0.4, -0.2) is 11.5 Å². The molecule has 0 aliphatic heterocycles. The van der Waals surface area contributed by atoms with Crippen molar-refractivity contribution >= 4 is 11.3 Å². The van der Waals surface area contributed by atoms with Crippen molar-refractivity contribution in [1.82, 2.24) is 10.3 Å². The van der Waals surface area contributed by atoms with Gasteiger partial charge in [-0.3, -0.25) is 0 Å². The molecule has 1 saturated carbocycles. The molecule has 0 amide bonds. The predicted octanol–water partition coefficient (Wildman–Crippen LogP) is 5.45. The number of nitrogens with one attached hydrogen (secondary N) is 1. The van der Waals surface area contributed by atoms with Gasteiger partial charge in [0, 0.05) is 5.38 Å². The Balaban J connectivity index is 2.13. The molecule has 0 spiro atoms. The van der Waals surface area contributed by atoms with Gasteiger partial charge in [0.25, 0.3) is 0 Å². The average molecular weight is 309 g/mol. The fourth-order valence-corrected chi connectivity index (χ4v) is 4.69. The van der Waals surface area contributed by atoms with Crippen molar-refractivity contribution in [3.05, 3.63) is 16.1 Å². The third kappa shape index (κ3) is 4.07. The Hall–Kier alpha value is -0.410. The zero-order valence-corrected chi connectivity index (χ0v) is 15.1. The highest BCUT2D eigenvalue weighted by atomic mass is 32.1. The first-order valence-electron chi connectivity index (χ1n) is 8.82. The van der Waals surface area contributed by atoms with Crippen LogP contribution in [0.1, 0.15) is 89.3 Å². The summed E-state index contributed by atoms with van der Waals surface area (Å²) < 4.78 is 0. The summed E-state index contributed by atoms with van der Waals surface area (Å²) in [5.74, 6) is 1.48. The molecule has 1 aliphatic rings. The van der Waals surface area contributed by atoms with Crippen molar-refractivity contribution in [3.63, 3.8) is 0 Å². The van der Waals surface area contributed by atoms with Crippen molar-refractivity contribution < 1.29 is 0 Å². The van der Waals surface area contributed by atoms with E-state index >= 15 is 0 Å². The average Bonchev–Trinajstić information content (AvgIpc) is 2.98. The van der Waals surface area contributed by atoms with Crippen molar-refractivity contribution in [2.45, 2.75) is 84.1 Å². The van der Waals surface area contributed by atoms with Gasteiger partial charge in [-0.2, -0.15) is 0 Å². The first-order chi connectivity index (χ1) is 10.1. The standard InChI is InChI=1S/C18H32N2S/c1-5-7-15-8-10-18(11-9-15,19-12-6-2)17-20-16(13-21-17)14(3)4/h13-15,19H,5-12H2,1-4H3. The molecule has 21 heavy (non-hydrogen) atoms. The van der Waals surface area contributed by atoms with E-state index in [9.17, 15) is 0 Å². The molecule has 1 aromatic rings. The molecular formula is C18H32N2S. The van der Waals surface area contributed by atoms with Crippen LogP contribution in [0.3, 0.4) is 0 Å². The Morgan fingerprint density at radius 3 is 2.52 bits per heavy atom. The normalized spacial score (nSPS) is 26.4. The van der Waals surface area contributed by atoms with Gasteiger partial charge >= 0.3 is 0 Å². The minimum absolute atomic E-state index is 0.165. The number of thiazole rings is 1. The monoisotopic (exact) mass is 308 g/mol. The molecule has 0 bridgehead atoms. The molecule has 3 heteroatoms. The van der Waals surface area contributed by atoms with Gasteiger partial charge in [-0.05, 0) is 50.5 Å². The lowest BCUT2D eigenvalue weighted by Gasteiger charge is -2.40. The van der Waals surface area contributed by atoms with Crippen LogP contribution >= 0.6 is 11.3 Å². The summed E-state index contributed by atoms with van der Waals surface area (Å²) in [5.41, 5.74) is 1.43. The quantitative estimate of drug-likeness (QED) is 0.724. The lowest BCUT2D eigenvalue weighted by atomic mass is 9.75. The van der Waals surface area contributed by atoms with Gasteiger partial charge in [0.15, 0.2) is 0 Å². The maximum Gasteiger partial charge on any atom is 0.113 e. The minimum atomic E-state index is 0.165. The van der Waals surface area contributed by atoms with E-state index in [2.05, 4.69) is 38.4 Å². The summed E-state index contributed by atoms with van der Waals surface area (Å²) in [6.45, 7) is 10.2. The summed E-state index contributed by atoms with van der Waals surface area (Å²) in [6, 6.07) is 0. The predicted molar refractivity (Wildman–Crippen MR) is 93.0 cm³/mol. The van der Waals surface area contributed by atoms with E-state index in [0.29, 0.717) is 5.92 Å². The molecule has 2 nitrogen and oxygen atoms in total. The van der Waals surface area contributed by atoms with E-state index in [4.69, 9.17) is 4.98 Å². The van der Waals surface area contributed by atoms with Gasteiger partial charge in [-0.15, -0.1) is 11.3 Å². The van der Waals surface area contributed by atoms with Gasteiger partial charge in [0.1, 0.15) is 5.01 Å². The van der Waals surface area contributed by atoms with Gasteiger partial charge in [-0.1, -0.05) is 40.5 Å². The lowest BCUT2D eigenvalue weighted by molar-refractivity contribution is 0.181. The first-order valence-corrected chi connectivity index (χ1v) is 9.70. The highest BCUT2D eigenvalue weighted by Gasteiger charge is 2.38. The molecule has 1 N–H and O–H groups in total. The number of hydrogen-bond acceptors (Lipinski definition) is 3. The molecule has 0 aromatic carbocycles. The molecule has 1 fully saturated rings. The summed E-state index contributed by atoms with van der Waals surface area (Å²) in [4.78, 5) is 4.99. The zero-order valence-electron chi connectivity index (χ0n) is 14.2. The second-order valence-electron chi connectivity index (χ2n) is 6.97. The van der Waals surface area contributed by atoms with Crippen molar-refractivity contribution in [3.8, 4) is 0 Å². The number of aromatic nitrogens is 1. The Morgan fingerprint density at radius 2 is 2.00 bits per heavy atom. The van der Waals surface area contributed by atoms with E-state index in [1.807, 2.05) is 11.3 Å². The van der Waals surface area contributed by atoms with Gasteiger partial charge < -0.3 is 5.32 Å². The Kier molecular flexibility index (Phi) is 6.24. The third-order valence-electron chi connectivity index (χ3n) is 4.89. The van der Waals surface area contributed by atoms with Crippen LogP contribution in [0.4, 0.5) is 0 Å². The Morgan fingerprint density at radius 1 is 1.29 bits per heavy atom. The Labute approximate surface area is 134 Å². The summed E-state index contributed by atoms with van der Waals surface area (Å²) in [7, 11) is 0. The van der Waals surface area contributed by atoms with Crippen LogP contribution < -0.4 is 5.32 Å². The fraction of sp³-hybridized carbons (Fsp3) is 0.833. The van der Waals surface area contributed by atoms with Crippen LogP contribution in [0.25, 0.3) is 0 Å². The van der Waals surface area contributed by atoms with Gasteiger partial charge in [-0.25, -0.2) is 4.98 Å². The second-order valence-corrected chi connectivity index (χ2v) is 7.83. The SMILES string of the molecule is CCCNC1(c2nc(C(C)C)cs2)CCC(CCC)CC1. The largest absolute Gasteiger partial charge is 0.305 e. The summed E-state index contributed by atoms with van der Waals surface area (Å²) >= 11 is 1.87.